The molecule has 2 saturated carbocycles. The third-order valence-corrected chi connectivity index (χ3v) is 5.45. The van der Waals surface area contributed by atoms with Crippen molar-refractivity contribution in [2.24, 2.45) is 17.8 Å². The molecule has 2 aliphatic rings. The quantitative estimate of drug-likeness (QED) is 0.843. The van der Waals surface area contributed by atoms with Gasteiger partial charge >= 0.3 is 0 Å². The maximum absolute atomic E-state index is 13.6. The first-order valence-corrected chi connectivity index (χ1v) is 8.28. The fourth-order valence-electron chi connectivity index (χ4n) is 4.44. The van der Waals surface area contributed by atoms with Crippen LogP contribution in [0.2, 0.25) is 0 Å². The second-order valence-corrected chi connectivity index (χ2v) is 6.67. The molecule has 1 aromatic carbocycles. The van der Waals surface area contributed by atoms with Crippen LogP contribution in [0.4, 0.5) is 4.39 Å². The molecule has 2 fully saturated rings. The number of rotatable bonds is 6. The third kappa shape index (κ3) is 3.08. The smallest absolute Gasteiger partial charge is 0.165 e. The van der Waals surface area contributed by atoms with Crippen LogP contribution in [0.5, 0.6) is 5.75 Å². The number of fused-ring (bicyclic) bond motifs is 2. The average Bonchev–Trinajstić information content (AvgIpc) is 3.10. The van der Waals surface area contributed by atoms with Gasteiger partial charge in [-0.25, -0.2) is 4.39 Å². The van der Waals surface area contributed by atoms with Gasteiger partial charge in [0.25, 0.3) is 0 Å². The summed E-state index contributed by atoms with van der Waals surface area (Å²) in [7, 11) is 1.53. The van der Waals surface area contributed by atoms with Crippen molar-refractivity contribution in [1.29, 1.82) is 0 Å². The van der Waals surface area contributed by atoms with Crippen molar-refractivity contribution in [3.63, 3.8) is 0 Å². The zero-order chi connectivity index (χ0) is 14.8. The van der Waals surface area contributed by atoms with Crippen molar-refractivity contribution in [2.75, 3.05) is 13.7 Å². The Morgan fingerprint density at radius 2 is 2.19 bits per heavy atom. The number of ether oxygens (including phenoxy) is 1. The SMILES string of the molecule is CCNC(CC1CC2CCC1C2)c1ccc(F)c(OC)c1. The van der Waals surface area contributed by atoms with Gasteiger partial charge in [-0.1, -0.05) is 19.4 Å². The molecule has 3 heteroatoms. The van der Waals surface area contributed by atoms with Crippen molar-refractivity contribution in [3.05, 3.63) is 29.6 Å². The highest BCUT2D eigenvalue weighted by molar-refractivity contribution is 5.32. The van der Waals surface area contributed by atoms with E-state index in [0.717, 1.165) is 29.9 Å². The zero-order valence-corrected chi connectivity index (χ0v) is 13.1. The van der Waals surface area contributed by atoms with Crippen LogP contribution in [-0.4, -0.2) is 13.7 Å². The van der Waals surface area contributed by atoms with E-state index in [9.17, 15) is 4.39 Å². The van der Waals surface area contributed by atoms with Crippen LogP contribution < -0.4 is 10.1 Å². The summed E-state index contributed by atoms with van der Waals surface area (Å²) in [5.41, 5.74) is 1.15. The molecule has 0 heterocycles. The van der Waals surface area contributed by atoms with E-state index in [4.69, 9.17) is 4.74 Å². The Morgan fingerprint density at radius 1 is 1.33 bits per heavy atom. The summed E-state index contributed by atoms with van der Waals surface area (Å²) < 4.78 is 18.7. The highest BCUT2D eigenvalue weighted by Gasteiger charge is 2.40. The van der Waals surface area contributed by atoms with E-state index in [-0.39, 0.29) is 5.82 Å². The van der Waals surface area contributed by atoms with Crippen LogP contribution in [-0.2, 0) is 0 Å². The normalized spacial score (nSPS) is 28.8. The molecule has 0 amide bonds. The fourth-order valence-corrected chi connectivity index (χ4v) is 4.44. The molecule has 0 saturated heterocycles. The van der Waals surface area contributed by atoms with E-state index in [1.807, 2.05) is 12.1 Å². The Bertz CT molecular complexity index is 490. The van der Waals surface area contributed by atoms with Gasteiger partial charge in [0.15, 0.2) is 11.6 Å². The molecule has 4 unspecified atom stereocenters. The summed E-state index contributed by atoms with van der Waals surface area (Å²) in [5.74, 6) is 2.81. The van der Waals surface area contributed by atoms with Crippen LogP contribution in [0.3, 0.4) is 0 Å². The topological polar surface area (TPSA) is 21.3 Å². The number of nitrogens with one attached hydrogen (secondary N) is 1. The maximum atomic E-state index is 13.6. The first-order chi connectivity index (χ1) is 10.2. The monoisotopic (exact) mass is 291 g/mol. The van der Waals surface area contributed by atoms with Gasteiger partial charge in [-0.15, -0.1) is 0 Å². The lowest BCUT2D eigenvalue weighted by Gasteiger charge is -2.27. The molecule has 3 rings (SSSR count). The van der Waals surface area contributed by atoms with E-state index >= 15 is 0 Å². The Kier molecular flexibility index (Phi) is 4.48. The van der Waals surface area contributed by atoms with Gasteiger partial charge < -0.3 is 10.1 Å². The lowest BCUT2D eigenvalue weighted by Crippen LogP contribution is -2.25. The summed E-state index contributed by atoms with van der Waals surface area (Å²) >= 11 is 0. The van der Waals surface area contributed by atoms with Crippen LogP contribution in [0.15, 0.2) is 18.2 Å². The number of halogens is 1. The van der Waals surface area contributed by atoms with E-state index in [0.29, 0.717) is 11.8 Å². The molecular weight excluding hydrogens is 265 g/mol. The number of methoxy groups -OCH3 is 1. The summed E-state index contributed by atoms with van der Waals surface area (Å²) in [5, 5.41) is 3.58. The second-order valence-electron chi connectivity index (χ2n) is 6.67. The summed E-state index contributed by atoms with van der Waals surface area (Å²) in [6.45, 7) is 3.07. The Balaban J connectivity index is 1.74. The Hall–Kier alpha value is -1.09. The van der Waals surface area contributed by atoms with Crippen molar-refractivity contribution in [1.82, 2.24) is 5.32 Å². The highest BCUT2D eigenvalue weighted by Crippen LogP contribution is 2.51. The predicted octanol–water partition coefficient (Wildman–Crippen LogP) is 4.31. The Morgan fingerprint density at radius 3 is 2.81 bits per heavy atom. The minimum Gasteiger partial charge on any atom is -0.494 e. The van der Waals surface area contributed by atoms with Crippen molar-refractivity contribution >= 4 is 0 Å². The van der Waals surface area contributed by atoms with Gasteiger partial charge in [-0.05, 0) is 67.7 Å². The molecule has 0 radical (unpaired) electrons. The summed E-state index contributed by atoms with van der Waals surface area (Å²) in [6.07, 6.45) is 6.86. The number of hydrogen-bond donors (Lipinski definition) is 1. The molecule has 1 N–H and O–H groups in total. The van der Waals surface area contributed by atoms with Gasteiger partial charge in [-0.2, -0.15) is 0 Å². The Labute approximate surface area is 127 Å². The third-order valence-electron chi connectivity index (χ3n) is 5.45. The zero-order valence-electron chi connectivity index (χ0n) is 13.1. The summed E-state index contributed by atoms with van der Waals surface area (Å²) in [6, 6.07) is 5.60. The molecule has 1 aromatic rings. The molecular formula is C18H26FNO. The maximum Gasteiger partial charge on any atom is 0.165 e. The van der Waals surface area contributed by atoms with Crippen molar-refractivity contribution < 1.29 is 9.13 Å². The van der Waals surface area contributed by atoms with Crippen molar-refractivity contribution in [3.8, 4) is 5.75 Å². The highest BCUT2D eigenvalue weighted by atomic mass is 19.1. The lowest BCUT2D eigenvalue weighted by molar-refractivity contribution is 0.280. The lowest BCUT2D eigenvalue weighted by atomic mass is 9.82. The van der Waals surface area contributed by atoms with Gasteiger partial charge in [0.05, 0.1) is 7.11 Å². The van der Waals surface area contributed by atoms with E-state index in [1.54, 1.807) is 0 Å². The van der Waals surface area contributed by atoms with Crippen LogP contribution >= 0.6 is 0 Å². The molecule has 0 spiro atoms. The van der Waals surface area contributed by atoms with Crippen LogP contribution in [0, 0.1) is 23.6 Å². The standard InChI is InChI=1S/C18H26FNO/c1-3-20-17(10-15-9-12-4-5-13(15)8-12)14-6-7-16(19)18(11-14)21-2/h6-7,11-13,15,17,20H,3-5,8-10H2,1-2H3. The van der Waals surface area contributed by atoms with E-state index < -0.39 is 0 Å². The summed E-state index contributed by atoms with van der Waals surface area (Å²) in [4.78, 5) is 0. The molecule has 2 bridgehead atoms. The molecule has 4 atom stereocenters. The molecule has 2 aliphatic carbocycles. The van der Waals surface area contributed by atoms with Crippen molar-refractivity contribution in [2.45, 2.75) is 45.1 Å². The van der Waals surface area contributed by atoms with Crippen LogP contribution in [0.25, 0.3) is 0 Å². The van der Waals surface area contributed by atoms with Gasteiger partial charge in [-0.3, -0.25) is 0 Å². The second kappa shape index (κ2) is 6.35. The molecule has 21 heavy (non-hydrogen) atoms. The number of hydrogen-bond acceptors (Lipinski definition) is 2. The van der Waals surface area contributed by atoms with Crippen LogP contribution in [0.1, 0.15) is 50.6 Å². The first-order valence-electron chi connectivity index (χ1n) is 8.28. The largest absolute Gasteiger partial charge is 0.494 e. The van der Waals surface area contributed by atoms with Gasteiger partial charge in [0, 0.05) is 6.04 Å². The first kappa shape index (κ1) is 14.8. The molecule has 0 aromatic heterocycles. The van der Waals surface area contributed by atoms with E-state index in [1.165, 1.54) is 45.3 Å². The van der Waals surface area contributed by atoms with Gasteiger partial charge in [0.2, 0.25) is 0 Å². The minimum absolute atomic E-state index is 0.281. The average molecular weight is 291 g/mol. The molecule has 116 valence electrons. The molecule has 2 nitrogen and oxygen atoms in total. The van der Waals surface area contributed by atoms with E-state index in [2.05, 4.69) is 12.2 Å². The minimum atomic E-state index is -0.281. The molecule has 0 aliphatic heterocycles. The number of benzene rings is 1. The fraction of sp³-hybridized carbons (Fsp3) is 0.667. The van der Waals surface area contributed by atoms with Gasteiger partial charge in [0.1, 0.15) is 0 Å². The predicted molar refractivity (Wildman–Crippen MR) is 82.9 cm³/mol.